The Morgan fingerprint density at radius 2 is 0.730 bits per heavy atom. The first-order chi connectivity index (χ1) is 55.4. The number of anilines is 4. The van der Waals surface area contributed by atoms with Crippen LogP contribution >= 0.6 is 23.2 Å². The van der Waals surface area contributed by atoms with E-state index in [1.54, 1.807) is 12.1 Å². The van der Waals surface area contributed by atoms with Gasteiger partial charge in [-0.05, 0) is 175 Å². The van der Waals surface area contributed by atoms with E-state index in [9.17, 15) is 44.1 Å². The number of fused-ring (bicyclic) bond motifs is 4. The molecule has 4 aromatic heterocycles. The fraction of sp³-hybridized carbons (Fsp3) is 0.517. The average molecular weight is 1610 g/mol. The summed E-state index contributed by atoms with van der Waals surface area (Å²) in [5.41, 5.74) is 15.0. The molecule has 610 valence electrons. The molecule has 8 aliphatic rings. The van der Waals surface area contributed by atoms with Gasteiger partial charge < -0.3 is 59.6 Å². The molecule has 7 N–H and O–H groups in total. The number of methoxy groups -OCH3 is 1. The second kappa shape index (κ2) is 35.0. The number of imidazole rings is 4. The van der Waals surface area contributed by atoms with E-state index in [2.05, 4.69) is 40.9 Å². The van der Waals surface area contributed by atoms with Crippen LogP contribution in [-0.2, 0) is 94.4 Å². The van der Waals surface area contributed by atoms with Crippen molar-refractivity contribution in [1.82, 2.24) is 57.8 Å². The Kier molecular flexibility index (Phi) is 24.6. The van der Waals surface area contributed by atoms with Gasteiger partial charge in [0.15, 0.2) is 23.3 Å². The Labute approximate surface area is 681 Å². The molecule has 4 amide bonds. The van der Waals surface area contributed by atoms with Crippen LogP contribution in [0.15, 0.2) is 72.8 Å². The predicted molar refractivity (Wildman–Crippen MR) is 441 cm³/mol. The third-order valence-corrected chi connectivity index (χ3v) is 27.1. The summed E-state index contributed by atoms with van der Waals surface area (Å²) in [7, 11) is 9.05. The average Bonchev–Trinajstić information content (AvgIpc) is 1.74. The topological polar surface area (TPSA) is 305 Å². The van der Waals surface area contributed by atoms with Gasteiger partial charge in [0.2, 0.25) is 0 Å². The molecule has 0 atom stereocenters. The Morgan fingerprint density at radius 3 is 1.08 bits per heavy atom. The number of carboxylic acids is 1. The number of hydrogen-bond donors (Lipinski definition) is 7. The molecule has 16 rings (SSSR count). The molecule has 4 aliphatic carbocycles. The minimum absolute atomic E-state index is 0.0162. The third-order valence-electron chi connectivity index (χ3n) is 26.3. The normalized spacial score (nSPS) is 22.6. The van der Waals surface area contributed by atoms with E-state index in [4.69, 9.17) is 47.9 Å². The number of nitrogens with zero attached hydrogens (tertiary/aromatic N) is 12. The summed E-state index contributed by atoms with van der Waals surface area (Å²) in [6.07, 6.45) is 17.2. The number of esters is 1. The lowest BCUT2D eigenvalue weighted by Crippen LogP contribution is -2.42. The van der Waals surface area contributed by atoms with Crippen LogP contribution in [0.5, 0.6) is 0 Å². The van der Waals surface area contributed by atoms with Gasteiger partial charge in [-0.1, -0.05) is 71.7 Å². The molecule has 26 nitrogen and oxygen atoms in total. The van der Waals surface area contributed by atoms with Gasteiger partial charge in [0, 0.05) is 177 Å². The minimum Gasteiger partial charge on any atom is -0.481 e. The minimum atomic E-state index is -0.682. The molecule has 0 unspecified atom stereocenters. The smallest absolute Gasteiger partial charge is 0.308 e. The van der Waals surface area contributed by atoms with Gasteiger partial charge in [-0.3, -0.25) is 48.4 Å². The number of nitrogens with one attached hydrogen (secondary N) is 4. The van der Waals surface area contributed by atoms with Gasteiger partial charge >= 0.3 is 11.9 Å². The third kappa shape index (κ3) is 17.4. The molecule has 28 heteroatoms. The predicted octanol–water partition coefficient (Wildman–Crippen LogP) is 12.5. The fourth-order valence-corrected chi connectivity index (χ4v) is 20.0. The fourth-order valence-electron chi connectivity index (χ4n) is 19.4. The molecule has 4 fully saturated rings. The van der Waals surface area contributed by atoms with Gasteiger partial charge in [0.25, 0.3) is 23.6 Å². The molecule has 4 aliphatic heterocycles. The molecule has 0 bridgehead atoms. The van der Waals surface area contributed by atoms with E-state index in [-0.39, 0.29) is 53.6 Å². The Morgan fingerprint density at radius 1 is 0.417 bits per heavy atom. The van der Waals surface area contributed by atoms with Crippen molar-refractivity contribution in [1.29, 1.82) is 0 Å². The number of aliphatic carboxylic acids is 1. The molecular formula is C87H108Cl2N16O10. The SMILES string of the molecule is COC(=O)[C@H]1CC[C@@H](CN2CCc3c(nc(C(=O)Nc4cccc(-c5cccc(NC(=O)c6nc7c(n6C)CCN(C6CCC(O)CC6)C7)c5C)c4Cl)n3C)C2)CC1.Cc1c(NC(=O)c2nc3c(n2C)CCN(C2CCC(O)CC2)C3)cccc1-c1cccc(NC(=O)c2nc3c(n2C)CCN(C[C@H]2CC[C@@H](C(=O)O)CC2)C3)c1Cl. The lowest BCUT2D eigenvalue weighted by atomic mass is 9.81. The van der Waals surface area contributed by atoms with Gasteiger partial charge in [-0.25, -0.2) is 19.9 Å². The number of aliphatic hydroxyl groups excluding tert-OH is 2. The summed E-state index contributed by atoms with van der Waals surface area (Å²) < 4.78 is 12.6. The number of amides is 4. The number of halogens is 2. The highest BCUT2D eigenvalue weighted by Crippen LogP contribution is 2.42. The van der Waals surface area contributed by atoms with Crippen molar-refractivity contribution >= 4 is 81.5 Å². The molecule has 0 saturated heterocycles. The quantitative estimate of drug-likeness (QED) is 0.0393. The van der Waals surface area contributed by atoms with Crippen LogP contribution in [0.4, 0.5) is 22.7 Å². The summed E-state index contributed by atoms with van der Waals surface area (Å²) in [6, 6.07) is 23.4. The van der Waals surface area contributed by atoms with Gasteiger partial charge in [-0.2, -0.15) is 0 Å². The monoisotopic (exact) mass is 1610 g/mol. The highest BCUT2D eigenvalue weighted by Gasteiger charge is 2.37. The van der Waals surface area contributed by atoms with E-state index >= 15 is 0 Å². The zero-order valence-electron chi connectivity index (χ0n) is 67.1. The van der Waals surface area contributed by atoms with Crippen molar-refractivity contribution < 1.29 is 48.8 Å². The molecule has 4 saturated carbocycles. The Hall–Kier alpha value is -9.12. The maximum atomic E-state index is 13.8. The van der Waals surface area contributed by atoms with E-state index in [0.717, 1.165) is 247 Å². The number of carbonyl (C=O) groups is 6. The highest BCUT2D eigenvalue weighted by molar-refractivity contribution is 6.37. The maximum absolute atomic E-state index is 13.8. The second-order valence-corrected chi connectivity index (χ2v) is 34.0. The van der Waals surface area contributed by atoms with E-state index < -0.39 is 5.97 Å². The number of rotatable bonds is 18. The summed E-state index contributed by atoms with van der Waals surface area (Å²) in [6.45, 7) is 12.1. The first-order valence-corrected chi connectivity index (χ1v) is 42.0. The van der Waals surface area contributed by atoms with E-state index in [1.807, 2.05) is 121 Å². The van der Waals surface area contributed by atoms with Crippen LogP contribution in [0.3, 0.4) is 0 Å². The summed E-state index contributed by atoms with van der Waals surface area (Å²) in [5.74, 6) is 0.201. The van der Waals surface area contributed by atoms with Crippen LogP contribution in [0.25, 0.3) is 22.3 Å². The second-order valence-electron chi connectivity index (χ2n) is 33.3. The lowest BCUT2D eigenvalue weighted by molar-refractivity contribution is -0.147. The number of aliphatic hydroxyl groups is 2. The molecule has 0 radical (unpaired) electrons. The highest BCUT2D eigenvalue weighted by atomic mass is 35.5. The zero-order valence-corrected chi connectivity index (χ0v) is 68.6. The summed E-state index contributed by atoms with van der Waals surface area (Å²) in [5, 5.41) is 42.3. The van der Waals surface area contributed by atoms with Crippen LogP contribution in [-0.4, -0.2) is 179 Å². The number of ether oxygens (including phenoxy) is 1. The number of carbonyl (C=O) groups excluding carboxylic acids is 5. The van der Waals surface area contributed by atoms with Crippen molar-refractivity contribution in [2.75, 3.05) is 67.6 Å². The standard InChI is InChI=1S/C44H55ClN8O5.C43H53ClN8O5/c1-26-31(7-5-9-33(26)48-42(55)40-47-36-25-53(22-20-38(36)51(40)3)29-15-17-30(54)18-16-29)32-8-6-10-34(39(32)45)49-43(56)41-46-35-24-52(21-19-37(35)50(41)2)23-27-11-13-28(14-12-27)44(57)58-4;1-25-30(6-4-8-32(25)47-41(54)39-46-35-24-52(21-19-37(35)50(39)3)28-14-16-29(53)17-15-28)31-7-5-9-33(38(31)44)48-42(55)40-45-34-23-51(20-18-36(34)49(40)2)22-26-10-12-27(13-11-26)43(56)57/h5-10,27-30,54H,11-25H2,1-4H3,(H,48,55)(H,49,56);4-9,26-29,53H,10-24H2,1-3H3,(H,47,54)(H,48,55)(H,56,57)/t27-,28+,29?,30?;26-,27+,28?,29?. The number of benzene rings is 4. The molecular weight excluding hydrogens is 1500 g/mol. The van der Waals surface area contributed by atoms with Crippen LogP contribution in [0.2, 0.25) is 10.0 Å². The first kappa shape index (κ1) is 81.0. The van der Waals surface area contributed by atoms with Crippen LogP contribution in [0.1, 0.15) is 202 Å². The van der Waals surface area contributed by atoms with Crippen LogP contribution in [0, 0.1) is 37.5 Å². The van der Waals surface area contributed by atoms with E-state index in [1.165, 1.54) is 7.11 Å². The van der Waals surface area contributed by atoms with Crippen LogP contribution < -0.4 is 21.3 Å². The van der Waals surface area contributed by atoms with E-state index in [0.29, 0.717) is 106 Å². The number of carboxylic acid groups (broad SMARTS) is 1. The van der Waals surface area contributed by atoms with Gasteiger partial charge in [0.1, 0.15) is 0 Å². The molecule has 4 aromatic carbocycles. The Balaban J connectivity index is 0.000000181. The van der Waals surface area contributed by atoms with Gasteiger partial charge in [-0.15, -0.1) is 0 Å². The maximum Gasteiger partial charge on any atom is 0.308 e. The zero-order chi connectivity index (χ0) is 80.6. The summed E-state index contributed by atoms with van der Waals surface area (Å²) in [4.78, 5) is 107. The largest absolute Gasteiger partial charge is 0.481 e. The molecule has 8 aromatic rings. The molecule has 0 spiro atoms. The molecule has 115 heavy (non-hydrogen) atoms. The van der Waals surface area contributed by atoms with Crippen molar-refractivity contribution in [3.05, 3.63) is 163 Å². The lowest BCUT2D eigenvalue weighted by Gasteiger charge is -2.37. The van der Waals surface area contributed by atoms with Crippen molar-refractivity contribution in [3.63, 3.8) is 0 Å². The first-order valence-electron chi connectivity index (χ1n) is 41.2. The number of hydrogen-bond acceptors (Lipinski definition) is 17. The van der Waals surface area contributed by atoms with Crippen molar-refractivity contribution in [3.8, 4) is 22.3 Å². The molecule has 8 heterocycles. The van der Waals surface area contributed by atoms with Gasteiger partial charge in [0.05, 0.1) is 75.3 Å². The van der Waals surface area contributed by atoms with Crippen molar-refractivity contribution in [2.45, 2.75) is 193 Å². The Bertz CT molecular complexity index is 4990. The van der Waals surface area contributed by atoms with Crippen molar-refractivity contribution in [2.24, 2.45) is 51.9 Å². The number of aromatic nitrogens is 8. The summed E-state index contributed by atoms with van der Waals surface area (Å²) >= 11 is 14.1.